The lowest BCUT2D eigenvalue weighted by Crippen LogP contribution is -2.49. The summed E-state index contributed by atoms with van der Waals surface area (Å²) in [5.74, 6) is -0.246. The quantitative estimate of drug-likeness (QED) is 0.924. The number of amides is 1. The number of benzene rings is 1. The maximum absolute atomic E-state index is 12.4. The maximum Gasteiger partial charge on any atom is 0.242 e. The Kier molecular flexibility index (Phi) is 4.45. The van der Waals surface area contributed by atoms with Gasteiger partial charge in [-0.25, -0.2) is 8.42 Å². The van der Waals surface area contributed by atoms with Crippen LogP contribution in [0.15, 0.2) is 24.3 Å². The number of anilines is 1. The van der Waals surface area contributed by atoms with Crippen LogP contribution in [-0.4, -0.2) is 37.5 Å². The molecule has 1 amide bonds. The first-order valence-corrected chi connectivity index (χ1v) is 8.58. The number of hydrogen-bond acceptors (Lipinski definition) is 3. The fourth-order valence-corrected chi connectivity index (χ4v) is 3.62. The first kappa shape index (κ1) is 15.0. The lowest BCUT2D eigenvalue weighted by Gasteiger charge is -2.32. The van der Waals surface area contributed by atoms with Crippen molar-refractivity contribution in [2.24, 2.45) is 0 Å². The lowest BCUT2D eigenvalue weighted by molar-refractivity contribution is -0.120. The van der Waals surface area contributed by atoms with Crippen LogP contribution in [0.25, 0.3) is 0 Å². The van der Waals surface area contributed by atoms with E-state index in [1.54, 1.807) is 0 Å². The van der Waals surface area contributed by atoms with Crippen molar-refractivity contribution in [3.63, 3.8) is 0 Å². The number of rotatable bonds is 3. The fraction of sp³-hybridized carbons (Fsp3) is 0.500. The molecule has 1 aliphatic rings. The third-order valence-corrected chi connectivity index (χ3v) is 4.87. The van der Waals surface area contributed by atoms with Crippen molar-refractivity contribution in [3.05, 3.63) is 29.8 Å². The van der Waals surface area contributed by atoms with Crippen molar-refractivity contribution in [3.8, 4) is 0 Å². The average molecular weight is 296 g/mol. The van der Waals surface area contributed by atoms with Crippen molar-refractivity contribution < 1.29 is 13.2 Å². The number of para-hydroxylation sites is 1. The second-order valence-electron chi connectivity index (χ2n) is 5.19. The van der Waals surface area contributed by atoms with Gasteiger partial charge < -0.3 is 5.32 Å². The minimum atomic E-state index is -3.35. The molecule has 0 aliphatic carbocycles. The molecule has 1 aromatic carbocycles. The van der Waals surface area contributed by atoms with Gasteiger partial charge in [0.1, 0.15) is 6.04 Å². The molecule has 0 saturated carbocycles. The van der Waals surface area contributed by atoms with E-state index < -0.39 is 16.1 Å². The molecule has 6 heteroatoms. The van der Waals surface area contributed by atoms with E-state index in [1.807, 2.05) is 31.2 Å². The molecule has 1 N–H and O–H groups in total. The molecule has 1 fully saturated rings. The van der Waals surface area contributed by atoms with Gasteiger partial charge in [-0.15, -0.1) is 0 Å². The third kappa shape index (κ3) is 3.37. The minimum Gasteiger partial charge on any atom is -0.324 e. The molecule has 0 radical (unpaired) electrons. The molecule has 0 bridgehead atoms. The van der Waals surface area contributed by atoms with Gasteiger partial charge in [-0.3, -0.25) is 4.79 Å². The van der Waals surface area contributed by atoms with Crippen LogP contribution >= 0.6 is 0 Å². The van der Waals surface area contributed by atoms with Crippen LogP contribution in [0.1, 0.15) is 24.8 Å². The average Bonchev–Trinajstić information content (AvgIpc) is 2.40. The first-order chi connectivity index (χ1) is 9.39. The smallest absolute Gasteiger partial charge is 0.242 e. The lowest BCUT2D eigenvalue weighted by atomic mass is 10.0. The predicted octanol–water partition coefficient (Wildman–Crippen LogP) is 1.75. The molecule has 0 aromatic heterocycles. The van der Waals surface area contributed by atoms with Crippen molar-refractivity contribution in [1.82, 2.24) is 4.31 Å². The van der Waals surface area contributed by atoms with Gasteiger partial charge in [0.05, 0.1) is 6.26 Å². The standard InChI is InChI=1S/C14H20N2O3S/c1-11-7-3-4-8-12(11)15-14(17)13-9-5-6-10-16(13)20(2,18)19/h3-4,7-8,13H,5-6,9-10H2,1-2H3,(H,15,17). The van der Waals surface area contributed by atoms with Gasteiger partial charge in [0.15, 0.2) is 0 Å². The van der Waals surface area contributed by atoms with Gasteiger partial charge >= 0.3 is 0 Å². The number of hydrogen-bond donors (Lipinski definition) is 1. The zero-order chi connectivity index (χ0) is 14.8. The Bertz CT molecular complexity index is 598. The fourth-order valence-electron chi connectivity index (χ4n) is 2.49. The van der Waals surface area contributed by atoms with Crippen molar-refractivity contribution >= 4 is 21.6 Å². The SMILES string of the molecule is Cc1ccccc1NC(=O)C1CCCCN1S(C)(=O)=O. The topological polar surface area (TPSA) is 66.5 Å². The highest BCUT2D eigenvalue weighted by atomic mass is 32.2. The Hall–Kier alpha value is -1.40. The van der Waals surface area contributed by atoms with E-state index in [9.17, 15) is 13.2 Å². The Morgan fingerprint density at radius 1 is 1.30 bits per heavy atom. The zero-order valence-corrected chi connectivity index (χ0v) is 12.6. The maximum atomic E-state index is 12.4. The second-order valence-corrected chi connectivity index (χ2v) is 7.12. The minimum absolute atomic E-state index is 0.246. The monoisotopic (exact) mass is 296 g/mol. The van der Waals surface area contributed by atoms with E-state index in [2.05, 4.69) is 5.32 Å². The summed E-state index contributed by atoms with van der Waals surface area (Å²) >= 11 is 0. The second kappa shape index (κ2) is 5.93. The number of carbonyl (C=O) groups excluding carboxylic acids is 1. The third-order valence-electron chi connectivity index (χ3n) is 3.59. The molecule has 1 atom stereocenters. The number of piperidine rings is 1. The van der Waals surface area contributed by atoms with Gasteiger partial charge in [0.2, 0.25) is 15.9 Å². The molecular formula is C14H20N2O3S. The van der Waals surface area contributed by atoms with Gasteiger partial charge in [-0.2, -0.15) is 4.31 Å². The van der Waals surface area contributed by atoms with Crippen LogP contribution in [-0.2, 0) is 14.8 Å². The predicted molar refractivity (Wildman–Crippen MR) is 79.0 cm³/mol. The molecule has 1 heterocycles. The number of carbonyl (C=O) groups is 1. The molecule has 1 aliphatic heterocycles. The van der Waals surface area contributed by atoms with E-state index in [-0.39, 0.29) is 5.91 Å². The molecule has 1 unspecified atom stereocenters. The number of aryl methyl sites for hydroxylation is 1. The highest BCUT2D eigenvalue weighted by molar-refractivity contribution is 7.88. The Morgan fingerprint density at radius 3 is 2.65 bits per heavy atom. The Labute approximate surface area is 120 Å². The molecule has 1 saturated heterocycles. The summed E-state index contributed by atoms with van der Waals surface area (Å²) in [7, 11) is -3.35. The van der Waals surface area contributed by atoms with Gasteiger partial charge in [-0.1, -0.05) is 24.6 Å². The van der Waals surface area contributed by atoms with Crippen LogP contribution in [0.4, 0.5) is 5.69 Å². The highest BCUT2D eigenvalue weighted by Crippen LogP contribution is 2.22. The molecule has 20 heavy (non-hydrogen) atoms. The number of nitrogens with one attached hydrogen (secondary N) is 1. The van der Waals surface area contributed by atoms with Crippen molar-refractivity contribution in [2.75, 3.05) is 18.1 Å². The Morgan fingerprint density at radius 2 is 2.00 bits per heavy atom. The van der Waals surface area contributed by atoms with Crippen LogP contribution < -0.4 is 5.32 Å². The summed E-state index contributed by atoms with van der Waals surface area (Å²) in [4.78, 5) is 12.4. The van der Waals surface area contributed by atoms with E-state index in [0.29, 0.717) is 13.0 Å². The summed E-state index contributed by atoms with van der Waals surface area (Å²) < 4.78 is 24.8. The summed E-state index contributed by atoms with van der Waals surface area (Å²) in [5, 5.41) is 2.84. The highest BCUT2D eigenvalue weighted by Gasteiger charge is 2.34. The molecule has 0 spiro atoms. The van der Waals surface area contributed by atoms with Crippen LogP contribution in [0.2, 0.25) is 0 Å². The first-order valence-electron chi connectivity index (χ1n) is 6.73. The van der Waals surface area contributed by atoms with Crippen molar-refractivity contribution in [1.29, 1.82) is 0 Å². The Balaban J connectivity index is 2.17. The molecule has 2 rings (SSSR count). The van der Waals surface area contributed by atoms with Gasteiger partial charge in [0, 0.05) is 12.2 Å². The summed E-state index contributed by atoms with van der Waals surface area (Å²) in [6.45, 7) is 2.33. The summed E-state index contributed by atoms with van der Waals surface area (Å²) in [5.41, 5.74) is 1.69. The van der Waals surface area contributed by atoms with Crippen LogP contribution in [0.5, 0.6) is 0 Å². The van der Waals surface area contributed by atoms with Crippen LogP contribution in [0, 0.1) is 6.92 Å². The molecular weight excluding hydrogens is 276 g/mol. The normalized spacial score (nSPS) is 20.6. The molecule has 1 aromatic rings. The van der Waals surface area contributed by atoms with E-state index in [4.69, 9.17) is 0 Å². The number of sulfonamides is 1. The number of nitrogens with zero attached hydrogens (tertiary/aromatic N) is 1. The van der Waals surface area contributed by atoms with E-state index in [1.165, 1.54) is 4.31 Å². The van der Waals surface area contributed by atoms with Gasteiger partial charge in [-0.05, 0) is 31.4 Å². The summed E-state index contributed by atoms with van der Waals surface area (Å²) in [6, 6.07) is 6.87. The van der Waals surface area contributed by atoms with E-state index in [0.717, 1.165) is 30.3 Å². The molecule has 5 nitrogen and oxygen atoms in total. The van der Waals surface area contributed by atoms with E-state index >= 15 is 0 Å². The largest absolute Gasteiger partial charge is 0.324 e. The molecule has 110 valence electrons. The van der Waals surface area contributed by atoms with Crippen LogP contribution in [0.3, 0.4) is 0 Å². The van der Waals surface area contributed by atoms with Gasteiger partial charge in [0.25, 0.3) is 0 Å². The van der Waals surface area contributed by atoms with Crippen molar-refractivity contribution in [2.45, 2.75) is 32.2 Å². The summed E-state index contributed by atoms with van der Waals surface area (Å²) in [6.07, 6.45) is 3.41. The zero-order valence-electron chi connectivity index (χ0n) is 11.8.